The van der Waals surface area contributed by atoms with Crippen molar-refractivity contribution in [2.24, 2.45) is 0 Å². The summed E-state index contributed by atoms with van der Waals surface area (Å²) in [6, 6.07) is 6.13. The number of fused-ring (bicyclic) bond motifs is 1. The Hall–Kier alpha value is -4.06. The minimum atomic E-state index is -4.00. The van der Waals surface area contributed by atoms with Crippen LogP contribution in [0.25, 0.3) is 22.3 Å². The van der Waals surface area contributed by atoms with Crippen LogP contribution in [0.5, 0.6) is 0 Å². The summed E-state index contributed by atoms with van der Waals surface area (Å²) in [5.74, 6) is 0.521. The molecule has 11 nitrogen and oxygen atoms in total. The van der Waals surface area contributed by atoms with E-state index in [1.165, 1.54) is 21.4 Å². The fourth-order valence-corrected chi connectivity index (χ4v) is 6.10. The highest BCUT2D eigenvalue weighted by atomic mass is 32.2. The van der Waals surface area contributed by atoms with E-state index in [2.05, 4.69) is 19.9 Å². The first-order chi connectivity index (χ1) is 17.6. The van der Waals surface area contributed by atoms with Gasteiger partial charge in [-0.05, 0) is 39.8 Å². The minimum Gasteiger partial charge on any atom is -0.465 e. The van der Waals surface area contributed by atoms with Crippen LogP contribution in [0.1, 0.15) is 25.1 Å². The molecule has 12 heteroatoms. The van der Waals surface area contributed by atoms with Crippen LogP contribution in [0.2, 0.25) is 0 Å². The van der Waals surface area contributed by atoms with Gasteiger partial charge in [-0.15, -0.1) is 0 Å². The molecule has 4 aromatic rings. The maximum absolute atomic E-state index is 13.8. The molecule has 1 amide bonds. The van der Waals surface area contributed by atoms with Gasteiger partial charge in [0.2, 0.25) is 0 Å². The van der Waals surface area contributed by atoms with Crippen molar-refractivity contribution in [2.75, 3.05) is 18.0 Å². The fraction of sp³-hybridized carbons (Fsp3) is 0.320. The first kappa shape index (κ1) is 24.6. The lowest BCUT2D eigenvalue weighted by atomic mass is 10.1. The molecule has 2 unspecified atom stereocenters. The van der Waals surface area contributed by atoms with Crippen LogP contribution in [0.4, 0.5) is 10.6 Å². The molecule has 1 aromatic carbocycles. The summed E-state index contributed by atoms with van der Waals surface area (Å²) < 4.78 is 28.8. The fourth-order valence-electron chi connectivity index (χ4n) is 4.78. The van der Waals surface area contributed by atoms with Gasteiger partial charge in [0, 0.05) is 49.3 Å². The average Bonchev–Trinajstić information content (AvgIpc) is 3.26. The van der Waals surface area contributed by atoms with Crippen molar-refractivity contribution in [2.45, 2.75) is 44.7 Å². The number of amides is 1. The van der Waals surface area contributed by atoms with Crippen LogP contribution < -0.4 is 4.90 Å². The van der Waals surface area contributed by atoms with Crippen molar-refractivity contribution in [3.05, 3.63) is 60.4 Å². The summed E-state index contributed by atoms with van der Waals surface area (Å²) >= 11 is 0. The lowest BCUT2D eigenvalue weighted by Gasteiger charge is -2.43. The van der Waals surface area contributed by atoms with Crippen LogP contribution in [0.3, 0.4) is 0 Å². The van der Waals surface area contributed by atoms with Gasteiger partial charge < -0.3 is 14.9 Å². The first-order valence-corrected chi connectivity index (χ1v) is 13.3. The Kier molecular flexibility index (Phi) is 6.06. The second-order valence-electron chi connectivity index (χ2n) is 9.33. The van der Waals surface area contributed by atoms with Gasteiger partial charge in [-0.1, -0.05) is 17.7 Å². The van der Waals surface area contributed by atoms with Crippen molar-refractivity contribution in [1.29, 1.82) is 0 Å². The molecule has 1 aliphatic heterocycles. The molecular formula is C25H27N7O4S. The van der Waals surface area contributed by atoms with Gasteiger partial charge in [0.1, 0.15) is 12.1 Å². The van der Waals surface area contributed by atoms with Crippen molar-refractivity contribution in [1.82, 2.24) is 28.8 Å². The minimum absolute atomic E-state index is 0.134. The number of carboxylic acid groups (broad SMARTS) is 1. The second kappa shape index (κ2) is 9.11. The molecule has 1 N–H and O–H groups in total. The standard InChI is InChI=1S/C25H27N7O4S/c1-15-5-7-19(8-6-15)37(35,36)32-13-20(22-18(4)26-9-10-27-22)21-23(28-14-29-24(21)32)30-11-17(3)31(25(33)34)12-16(30)2/h5-10,13-14,16-17H,11-12H2,1-4H3,(H,33,34). The maximum Gasteiger partial charge on any atom is 0.407 e. The Morgan fingerprint density at radius 1 is 0.973 bits per heavy atom. The number of anilines is 1. The summed E-state index contributed by atoms with van der Waals surface area (Å²) in [4.78, 5) is 33.1. The molecule has 0 saturated carbocycles. The molecule has 1 saturated heterocycles. The van der Waals surface area contributed by atoms with Crippen molar-refractivity contribution < 1.29 is 18.3 Å². The molecule has 0 radical (unpaired) electrons. The number of hydrogen-bond acceptors (Lipinski definition) is 8. The number of aryl methyl sites for hydroxylation is 2. The SMILES string of the molecule is Cc1ccc(S(=O)(=O)n2cc(-c3nccnc3C)c3c(N4CC(C)N(C(=O)O)CC4C)ncnc32)cc1. The number of piperazine rings is 1. The smallest absolute Gasteiger partial charge is 0.407 e. The van der Waals surface area contributed by atoms with E-state index in [1.807, 2.05) is 25.7 Å². The monoisotopic (exact) mass is 521 g/mol. The number of hydrogen-bond donors (Lipinski definition) is 1. The van der Waals surface area contributed by atoms with E-state index in [0.717, 1.165) is 5.56 Å². The Labute approximate surface area is 214 Å². The molecule has 5 rings (SSSR count). The van der Waals surface area contributed by atoms with Crippen molar-refractivity contribution >= 4 is 33.0 Å². The van der Waals surface area contributed by atoms with E-state index < -0.39 is 16.1 Å². The number of nitrogens with zero attached hydrogens (tertiary/aromatic N) is 7. The van der Waals surface area contributed by atoms with Gasteiger partial charge in [0.25, 0.3) is 10.0 Å². The Morgan fingerprint density at radius 3 is 2.35 bits per heavy atom. The lowest BCUT2D eigenvalue weighted by molar-refractivity contribution is 0.114. The van der Waals surface area contributed by atoms with Gasteiger partial charge in [-0.2, -0.15) is 0 Å². The normalized spacial score (nSPS) is 18.4. The number of benzene rings is 1. The van der Waals surface area contributed by atoms with Gasteiger partial charge in [-0.3, -0.25) is 9.97 Å². The van der Waals surface area contributed by atoms with Crippen molar-refractivity contribution in [3.63, 3.8) is 0 Å². The van der Waals surface area contributed by atoms with Crippen LogP contribution >= 0.6 is 0 Å². The zero-order valence-corrected chi connectivity index (χ0v) is 21.7. The van der Waals surface area contributed by atoms with E-state index in [0.29, 0.717) is 34.7 Å². The highest BCUT2D eigenvalue weighted by molar-refractivity contribution is 7.90. The average molecular weight is 522 g/mol. The molecule has 2 atom stereocenters. The molecule has 0 bridgehead atoms. The van der Waals surface area contributed by atoms with E-state index in [1.54, 1.807) is 43.6 Å². The summed E-state index contributed by atoms with van der Waals surface area (Å²) in [6.45, 7) is 8.12. The van der Waals surface area contributed by atoms with Crippen LogP contribution in [0, 0.1) is 13.8 Å². The molecule has 3 aromatic heterocycles. The topological polar surface area (TPSA) is 134 Å². The second-order valence-corrected chi connectivity index (χ2v) is 11.1. The predicted molar refractivity (Wildman–Crippen MR) is 138 cm³/mol. The maximum atomic E-state index is 13.8. The molecule has 0 aliphatic carbocycles. The third-order valence-corrected chi connectivity index (χ3v) is 8.41. The quantitative estimate of drug-likeness (QED) is 0.429. The number of carbonyl (C=O) groups is 1. The van der Waals surface area contributed by atoms with Gasteiger partial charge in [-0.25, -0.2) is 27.2 Å². The number of aromatic nitrogens is 5. The third kappa shape index (κ3) is 4.16. The van der Waals surface area contributed by atoms with Crippen molar-refractivity contribution in [3.8, 4) is 11.3 Å². The van der Waals surface area contributed by atoms with Gasteiger partial charge in [0.05, 0.1) is 21.7 Å². The number of rotatable bonds is 4. The highest BCUT2D eigenvalue weighted by Crippen LogP contribution is 2.38. The van der Waals surface area contributed by atoms with Gasteiger partial charge >= 0.3 is 6.09 Å². The zero-order valence-electron chi connectivity index (χ0n) is 20.9. The van der Waals surface area contributed by atoms with E-state index in [9.17, 15) is 18.3 Å². The predicted octanol–water partition coefficient (Wildman–Crippen LogP) is 3.32. The van der Waals surface area contributed by atoms with Crippen LogP contribution in [-0.4, -0.2) is 73.6 Å². The van der Waals surface area contributed by atoms with E-state index >= 15 is 0 Å². The Bertz CT molecular complexity index is 1600. The molecular weight excluding hydrogens is 494 g/mol. The first-order valence-electron chi connectivity index (χ1n) is 11.8. The van der Waals surface area contributed by atoms with Gasteiger partial charge in [0.15, 0.2) is 5.65 Å². The van der Waals surface area contributed by atoms with Crippen LogP contribution in [0.15, 0.2) is 54.1 Å². The summed E-state index contributed by atoms with van der Waals surface area (Å²) in [5, 5.41) is 10.1. The Morgan fingerprint density at radius 2 is 1.68 bits per heavy atom. The summed E-state index contributed by atoms with van der Waals surface area (Å²) in [5.41, 5.74) is 2.84. The summed E-state index contributed by atoms with van der Waals surface area (Å²) in [7, 11) is -4.00. The molecule has 1 aliphatic rings. The largest absolute Gasteiger partial charge is 0.465 e. The lowest BCUT2D eigenvalue weighted by Crippen LogP contribution is -2.58. The third-order valence-electron chi connectivity index (χ3n) is 6.75. The molecule has 192 valence electrons. The molecule has 1 fully saturated rings. The zero-order chi connectivity index (χ0) is 26.5. The molecule has 0 spiro atoms. The van der Waals surface area contributed by atoms with E-state index in [-0.39, 0.29) is 29.2 Å². The molecule has 37 heavy (non-hydrogen) atoms. The highest BCUT2D eigenvalue weighted by Gasteiger charge is 2.35. The van der Waals surface area contributed by atoms with Crippen LogP contribution in [-0.2, 0) is 10.0 Å². The summed E-state index contributed by atoms with van der Waals surface area (Å²) in [6.07, 6.45) is 5.02. The Balaban J connectivity index is 1.76. The molecule has 4 heterocycles. The van der Waals surface area contributed by atoms with E-state index in [4.69, 9.17) is 0 Å².